The monoisotopic (exact) mass is 445 g/mol. The Morgan fingerprint density at radius 3 is 2.65 bits per heavy atom. The first-order valence-corrected chi connectivity index (χ1v) is 8.49. The highest BCUT2D eigenvalue weighted by Crippen LogP contribution is 2.09. The fourth-order valence-corrected chi connectivity index (χ4v) is 2.63. The van der Waals surface area contributed by atoms with Crippen LogP contribution in [0.25, 0.3) is 0 Å². The molecule has 0 atom stereocenters. The maximum atomic E-state index is 5.65. The molecule has 0 bridgehead atoms. The molecule has 2 rings (SSSR count). The molecule has 126 valence electrons. The molecule has 4 nitrogen and oxygen atoms in total. The first-order valence-electron chi connectivity index (χ1n) is 7.61. The molecule has 6 heteroatoms. The number of guanidine groups is 1. The second-order valence-corrected chi connectivity index (χ2v) is 5.71. The molecular formula is C17H24IN3OS. The van der Waals surface area contributed by atoms with Crippen molar-refractivity contribution in [1.82, 2.24) is 10.6 Å². The topological polar surface area (TPSA) is 45.7 Å². The van der Waals surface area contributed by atoms with Gasteiger partial charge < -0.3 is 15.4 Å². The van der Waals surface area contributed by atoms with Gasteiger partial charge in [0.1, 0.15) is 12.4 Å². The number of nitrogens with one attached hydrogen (secondary N) is 2. The second-order valence-electron chi connectivity index (χ2n) is 4.68. The van der Waals surface area contributed by atoms with E-state index in [9.17, 15) is 0 Å². The Hall–Kier alpha value is -1.28. The zero-order valence-corrected chi connectivity index (χ0v) is 16.5. The molecule has 23 heavy (non-hydrogen) atoms. The molecule has 0 amide bonds. The maximum Gasteiger partial charge on any atom is 0.191 e. The van der Waals surface area contributed by atoms with E-state index >= 15 is 0 Å². The quantitative estimate of drug-likeness (QED) is 0.283. The minimum Gasteiger partial charge on any atom is -0.492 e. The molecule has 0 spiro atoms. The number of thiophene rings is 1. The zero-order chi connectivity index (χ0) is 15.5. The number of hydrogen-bond donors (Lipinski definition) is 2. The van der Waals surface area contributed by atoms with Gasteiger partial charge in [-0.15, -0.1) is 35.3 Å². The van der Waals surface area contributed by atoms with Crippen molar-refractivity contribution in [3.05, 3.63) is 52.7 Å². The van der Waals surface area contributed by atoms with Crippen LogP contribution in [0.3, 0.4) is 0 Å². The van der Waals surface area contributed by atoms with Gasteiger partial charge >= 0.3 is 0 Å². The summed E-state index contributed by atoms with van der Waals surface area (Å²) in [7, 11) is 0. The van der Waals surface area contributed by atoms with E-state index in [1.165, 1.54) is 4.88 Å². The summed E-state index contributed by atoms with van der Waals surface area (Å²) < 4.78 is 5.65. The van der Waals surface area contributed by atoms with Crippen LogP contribution < -0.4 is 15.4 Å². The molecule has 0 unspecified atom stereocenters. The summed E-state index contributed by atoms with van der Waals surface area (Å²) in [6.07, 6.45) is 0.981. The molecule has 0 radical (unpaired) electrons. The summed E-state index contributed by atoms with van der Waals surface area (Å²) in [5.41, 5.74) is 0. The van der Waals surface area contributed by atoms with Gasteiger partial charge in [-0.3, -0.25) is 4.99 Å². The third kappa shape index (κ3) is 8.22. The molecule has 2 aromatic rings. The number of ether oxygens (including phenoxy) is 1. The van der Waals surface area contributed by atoms with E-state index in [0.29, 0.717) is 6.61 Å². The summed E-state index contributed by atoms with van der Waals surface area (Å²) in [6.45, 7) is 5.04. The van der Waals surface area contributed by atoms with E-state index in [1.807, 2.05) is 30.3 Å². The van der Waals surface area contributed by atoms with Crippen molar-refractivity contribution in [3.63, 3.8) is 0 Å². The molecular weight excluding hydrogens is 421 g/mol. The Morgan fingerprint density at radius 1 is 1.13 bits per heavy atom. The summed E-state index contributed by atoms with van der Waals surface area (Å²) >= 11 is 1.78. The summed E-state index contributed by atoms with van der Waals surface area (Å²) in [6, 6.07) is 14.1. The van der Waals surface area contributed by atoms with Crippen molar-refractivity contribution < 1.29 is 4.74 Å². The lowest BCUT2D eigenvalue weighted by Gasteiger charge is -2.12. The lowest BCUT2D eigenvalue weighted by atomic mass is 10.3. The first kappa shape index (κ1) is 19.8. The van der Waals surface area contributed by atoms with E-state index in [0.717, 1.165) is 37.8 Å². The largest absolute Gasteiger partial charge is 0.492 e. The van der Waals surface area contributed by atoms with Crippen LogP contribution in [-0.4, -0.2) is 32.2 Å². The van der Waals surface area contributed by atoms with Crippen LogP contribution in [0.15, 0.2) is 52.8 Å². The Balaban J connectivity index is 0.00000264. The fourth-order valence-electron chi connectivity index (χ4n) is 1.93. The number of para-hydroxylation sites is 1. The van der Waals surface area contributed by atoms with Crippen molar-refractivity contribution in [2.24, 2.45) is 4.99 Å². The molecule has 0 aliphatic heterocycles. The molecule has 1 aromatic carbocycles. The molecule has 1 aromatic heterocycles. The van der Waals surface area contributed by atoms with Gasteiger partial charge in [-0.05, 0) is 30.5 Å². The highest BCUT2D eigenvalue weighted by Gasteiger charge is 1.98. The molecule has 0 fully saturated rings. The smallest absolute Gasteiger partial charge is 0.191 e. The van der Waals surface area contributed by atoms with Crippen LogP contribution in [0.1, 0.15) is 11.8 Å². The Kier molecular flexibility index (Phi) is 10.5. The summed E-state index contributed by atoms with van der Waals surface area (Å²) in [5, 5.41) is 8.64. The highest BCUT2D eigenvalue weighted by atomic mass is 127. The van der Waals surface area contributed by atoms with Gasteiger partial charge in [-0.25, -0.2) is 0 Å². The lowest BCUT2D eigenvalue weighted by molar-refractivity contribution is 0.322. The van der Waals surface area contributed by atoms with Crippen LogP contribution >= 0.6 is 35.3 Å². The average Bonchev–Trinajstić information content (AvgIpc) is 3.06. The average molecular weight is 445 g/mol. The lowest BCUT2D eigenvalue weighted by Crippen LogP contribution is -2.39. The van der Waals surface area contributed by atoms with Crippen LogP contribution in [0.2, 0.25) is 0 Å². The minimum atomic E-state index is 0. The van der Waals surface area contributed by atoms with Crippen LogP contribution in [0, 0.1) is 0 Å². The molecule has 1 heterocycles. The third-order valence-corrected chi connectivity index (χ3v) is 3.90. The summed E-state index contributed by atoms with van der Waals surface area (Å²) in [5.74, 6) is 1.74. The van der Waals surface area contributed by atoms with Crippen molar-refractivity contribution in [1.29, 1.82) is 0 Å². The highest BCUT2D eigenvalue weighted by molar-refractivity contribution is 14.0. The Morgan fingerprint density at radius 2 is 1.96 bits per heavy atom. The van der Waals surface area contributed by atoms with Gasteiger partial charge in [0.15, 0.2) is 5.96 Å². The van der Waals surface area contributed by atoms with E-state index in [1.54, 1.807) is 11.3 Å². The van der Waals surface area contributed by atoms with Gasteiger partial charge in [-0.2, -0.15) is 0 Å². The third-order valence-electron chi connectivity index (χ3n) is 2.96. The molecule has 0 saturated heterocycles. The number of benzene rings is 1. The Bertz CT molecular complexity index is 546. The molecule has 0 saturated carbocycles. The molecule has 0 aliphatic rings. The van der Waals surface area contributed by atoms with Crippen molar-refractivity contribution in [2.75, 3.05) is 26.2 Å². The van der Waals surface area contributed by atoms with Crippen LogP contribution in [-0.2, 0) is 6.42 Å². The van der Waals surface area contributed by atoms with Crippen molar-refractivity contribution >= 4 is 41.3 Å². The number of rotatable bonds is 8. The molecule has 0 aliphatic carbocycles. The van der Waals surface area contributed by atoms with Crippen LogP contribution in [0.4, 0.5) is 0 Å². The first-order chi connectivity index (χ1) is 10.9. The van der Waals surface area contributed by atoms with Gasteiger partial charge in [0, 0.05) is 24.4 Å². The second kappa shape index (κ2) is 12.2. The predicted molar refractivity (Wildman–Crippen MR) is 109 cm³/mol. The normalized spacial score (nSPS) is 10.7. The number of halogens is 1. The predicted octanol–water partition coefficient (Wildman–Crippen LogP) is 3.54. The van der Waals surface area contributed by atoms with E-state index < -0.39 is 0 Å². The van der Waals surface area contributed by atoms with Crippen LogP contribution in [0.5, 0.6) is 5.75 Å². The Labute approximate surface area is 159 Å². The van der Waals surface area contributed by atoms with Gasteiger partial charge in [0.05, 0.1) is 6.54 Å². The molecule has 2 N–H and O–H groups in total. The van der Waals surface area contributed by atoms with E-state index in [2.05, 4.69) is 40.1 Å². The fraction of sp³-hybridized carbons (Fsp3) is 0.353. The maximum absolute atomic E-state index is 5.65. The standard InChI is InChI=1S/C17H23N3OS.HI/c1-2-18-17(19-11-10-16-9-6-14-22-16)20-12-13-21-15-7-4-3-5-8-15;/h3-9,14H,2,10-13H2,1H3,(H2,18,19,20);1H. The van der Waals surface area contributed by atoms with Gasteiger partial charge in [0.25, 0.3) is 0 Å². The SMILES string of the molecule is CCNC(=NCCc1cccs1)NCCOc1ccccc1.I. The van der Waals surface area contributed by atoms with Crippen molar-refractivity contribution in [3.8, 4) is 5.75 Å². The number of nitrogens with zero attached hydrogens (tertiary/aromatic N) is 1. The van der Waals surface area contributed by atoms with E-state index in [4.69, 9.17) is 4.74 Å². The minimum absolute atomic E-state index is 0. The number of hydrogen-bond acceptors (Lipinski definition) is 3. The van der Waals surface area contributed by atoms with Crippen molar-refractivity contribution in [2.45, 2.75) is 13.3 Å². The zero-order valence-electron chi connectivity index (χ0n) is 13.3. The van der Waals surface area contributed by atoms with Gasteiger partial charge in [-0.1, -0.05) is 24.3 Å². The summed E-state index contributed by atoms with van der Waals surface area (Å²) in [4.78, 5) is 5.95. The van der Waals surface area contributed by atoms with E-state index in [-0.39, 0.29) is 24.0 Å². The number of aliphatic imine (C=N–C) groups is 1. The van der Waals surface area contributed by atoms with Gasteiger partial charge in [0.2, 0.25) is 0 Å².